The summed E-state index contributed by atoms with van der Waals surface area (Å²) < 4.78 is 0. The van der Waals surface area contributed by atoms with E-state index in [1.165, 1.54) is 0 Å². The van der Waals surface area contributed by atoms with E-state index < -0.39 is 5.97 Å². The number of carboxylic acid groups (broad SMARTS) is 1. The summed E-state index contributed by atoms with van der Waals surface area (Å²) in [7, 11) is 0. The average Bonchev–Trinajstić information content (AvgIpc) is 2.87. The van der Waals surface area contributed by atoms with E-state index in [9.17, 15) is 10.1 Å². The van der Waals surface area contributed by atoms with Gasteiger partial charge in [-0.25, -0.2) is 9.78 Å². The Kier molecular flexibility index (Phi) is 3.39. The van der Waals surface area contributed by atoms with Crippen molar-refractivity contribution in [3.63, 3.8) is 0 Å². The third kappa shape index (κ3) is 2.34. The van der Waals surface area contributed by atoms with Crippen LogP contribution in [0.5, 0.6) is 0 Å². The van der Waals surface area contributed by atoms with E-state index in [4.69, 9.17) is 5.11 Å². The summed E-state index contributed by atoms with van der Waals surface area (Å²) >= 11 is 1.13. The van der Waals surface area contributed by atoms with Crippen LogP contribution in [0.3, 0.4) is 0 Å². The molecule has 0 aliphatic heterocycles. The first-order valence-corrected chi connectivity index (χ1v) is 7.47. The van der Waals surface area contributed by atoms with Crippen molar-refractivity contribution < 1.29 is 9.90 Å². The van der Waals surface area contributed by atoms with E-state index in [1.54, 1.807) is 13.0 Å². The standard InChI is InChI=1S/C17H12N2O2S/c1-9-3-4-14-11(5-9)6-12(7-13(14)8-18)16-19-10(2)15(22-16)17(20)21/h3-7H,1-2H3,(H,20,21). The third-order valence-electron chi connectivity index (χ3n) is 3.47. The van der Waals surface area contributed by atoms with Gasteiger partial charge in [-0.15, -0.1) is 11.3 Å². The maximum absolute atomic E-state index is 11.2. The van der Waals surface area contributed by atoms with Crippen LogP contribution in [0.1, 0.15) is 26.5 Å². The largest absolute Gasteiger partial charge is 0.477 e. The number of hydrogen-bond donors (Lipinski definition) is 1. The third-order valence-corrected chi connectivity index (χ3v) is 4.66. The molecule has 0 atom stereocenters. The molecule has 3 aromatic rings. The molecule has 1 heterocycles. The first kappa shape index (κ1) is 14.2. The number of aromatic nitrogens is 1. The Hall–Kier alpha value is -2.71. The van der Waals surface area contributed by atoms with Crippen LogP contribution >= 0.6 is 11.3 Å². The molecule has 5 heteroatoms. The number of nitriles is 1. The molecule has 22 heavy (non-hydrogen) atoms. The summed E-state index contributed by atoms with van der Waals surface area (Å²) in [6, 6.07) is 11.8. The van der Waals surface area contributed by atoms with Crippen LogP contribution in [0, 0.1) is 25.2 Å². The van der Waals surface area contributed by atoms with E-state index in [-0.39, 0.29) is 4.88 Å². The fourth-order valence-corrected chi connectivity index (χ4v) is 3.32. The molecule has 1 aromatic heterocycles. The van der Waals surface area contributed by atoms with Gasteiger partial charge in [-0.2, -0.15) is 5.26 Å². The zero-order valence-corrected chi connectivity index (χ0v) is 12.9. The SMILES string of the molecule is Cc1ccc2c(C#N)cc(-c3nc(C)c(C(=O)O)s3)cc2c1. The maximum atomic E-state index is 11.2. The minimum Gasteiger partial charge on any atom is -0.477 e. The van der Waals surface area contributed by atoms with Crippen molar-refractivity contribution in [2.45, 2.75) is 13.8 Å². The van der Waals surface area contributed by atoms with Gasteiger partial charge in [0.15, 0.2) is 0 Å². The van der Waals surface area contributed by atoms with Crippen LogP contribution in [0.2, 0.25) is 0 Å². The molecular weight excluding hydrogens is 296 g/mol. The minimum absolute atomic E-state index is 0.234. The highest BCUT2D eigenvalue weighted by molar-refractivity contribution is 7.17. The predicted molar refractivity (Wildman–Crippen MR) is 86.2 cm³/mol. The summed E-state index contributed by atoms with van der Waals surface area (Å²) in [6.45, 7) is 3.67. The summed E-state index contributed by atoms with van der Waals surface area (Å²) in [5.74, 6) is -0.974. The van der Waals surface area contributed by atoms with E-state index in [0.717, 1.165) is 33.2 Å². The minimum atomic E-state index is -0.974. The van der Waals surface area contributed by atoms with Gasteiger partial charge in [0.05, 0.1) is 17.3 Å². The number of carbonyl (C=O) groups is 1. The van der Waals surface area contributed by atoms with Crippen molar-refractivity contribution in [2.24, 2.45) is 0 Å². The fraction of sp³-hybridized carbons (Fsp3) is 0.118. The number of aromatic carboxylic acids is 1. The van der Waals surface area contributed by atoms with Crippen molar-refractivity contribution in [3.8, 4) is 16.6 Å². The number of thiazole rings is 1. The van der Waals surface area contributed by atoms with Crippen molar-refractivity contribution in [2.75, 3.05) is 0 Å². The molecule has 3 rings (SSSR count). The molecule has 0 amide bonds. The lowest BCUT2D eigenvalue weighted by Crippen LogP contribution is -1.94. The van der Waals surface area contributed by atoms with Crippen LogP contribution in [-0.4, -0.2) is 16.1 Å². The summed E-state index contributed by atoms with van der Waals surface area (Å²) in [5.41, 5.74) is 2.94. The molecule has 0 radical (unpaired) electrons. The van der Waals surface area contributed by atoms with Gasteiger partial charge in [-0.3, -0.25) is 0 Å². The molecule has 0 unspecified atom stereocenters. The van der Waals surface area contributed by atoms with Crippen molar-refractivity contribution in [3.05, 3.63) is 52.0 Å². The molecule has 0 aliphatic carbocycles. The highest BCUT2D eigenvalue weighted by Gasteiger charge is 2.16. The second-order valence-electron chi connectivity index (χ2n) is 5.10. The Balaban J connectivity index is 2.25. The van der Waals surface area contributed by atoms with Crippen molar-refractivity contribution >= 4 is 28.1 Å². The van der Waals surface area contributed by atoms with Crippen LogP contribution in [0.25, 0.3) is 21.3 Å². The molecule has 108 valence electrons. The smallest absolute Gasteiger partial charge is 0.347 e. The lowest BCUT2D eigenvalue weighted by molar-refractivity contribution is 0.0701. The zero-order valence-electron chi connectivity index (χ0n) is 12.0. The summed E-state index contributed by atoms with van der Waals surface area (Å²) in [4.78, 5) is 15.7. The molecule has 2 aromatic carbocycles. The first-order valence-electron chi connectivity index (χ1n) is 6.65. The number of hydrogen-bond acceptors (Lipinski definition) is 4. The van der Waals surface area contributed by atoms with Gasteiger partial charge in [-0.1, -0.05) is 23.8 Å². The Morgan fingerprint density at radius 2 is 2.05 bits per heavy atom. The normalized spacial score (nSPS) is 10.6. The molecule has 1 N–H and O–H groups in total. The number of fused-ring (bicyclic) bond motifs is 1. The first-order chi connectivity index (χ1) is 10.5. The number of benzene rings is 2. The van der Waals surface area contributed by atoms with Crippen molar-refractivity contribution in [1.82, 2.24) is 4.98 Å². The summed E-state index contributed by atoms with van der Waals surface area (Å²) in [6.07, 6.45) is 0. The quantitative estimate of drug-likeness (QED) is 0.771. The topological polar surface area (TPSA) is 74.0 Å². The summed E-state index contributed by atoms with van der Waals surface area (Å²) in [5, 5.41) is 21.0. The fourth-order valence-electron chi connectivity index (χ4n) is 2.42. The molecule has 0 saturated carbocycles. The number of carboxylic acids is 1. The van der Waals surface area contributed by atoms with Crippen LogP contribution in [0.15, 0.2) is 30.3 Å². The molecular formula is C17H12N2O2S. The average molecular weight is 308 g/mol. The van der Waals surface area contributed by atoms with Gasteiger partial charge in [0, 0.05) is 5.56 Å². The van der Waals surface area contributed by atoms with Gasteiger partial charge in [0.25, 0.3) is 0 Å². The Bertz CT molecular complexity index is 951. The number of nitrogens with zero attached hydrogens (tertiary/aromatic N) is 2. The zero-order chi connectivity index (χ0) is 15.9. The molecule has 0 fully saturated rings. The van der Waals surface area contributed by atoms with E-state index in [0.29, 0.717) is 16.3 Å². The van der Waals surface area contributed by atoms with E-state index in [1.807, 2.05) is 31.2 Å². The Morgan fingerprint density at radius 1 is 1.27 bits per heavy atom. The van der Waals surface area contributed by atoms with Gasteiger partial charge in [-0.05, 0) is 36.8 Å². The van der Waals surface area contributed by atoms with E-state index >= 15 is 0 Å². The number of rotatable bonds is 2. The highest BCUT2D eigenvalue weighted by Crippen LogP contribution is 2.32. The van der Waals surface area contributed by atoms with Gasteiger partial charge in [0.1, 0.15) is 9.88 Å². The Labute approximate surface area is 131 Å². The van der Waals surface area contributed by atoms with Crippen molar-refractivity contribution in [1.29, 1.82) is 5.26 Å². The predicted octanol–water partition coefficient (Wildman–Crippen LogP) is 4.15. The molecule has 4 nitrogen and oxygen atoms in total. The molecule has 0 spiro atoms. The second-order valence-corrected chi connectivity index (χ2v) is 6.10. The van der Waals surface area contributed by atoms with Crippen LogP contribution in [-0.2, 0) is 0 Å². The lowest BCUT2D eigenvalue weighted by Gasteiger charge is -2.05. The monoisotopic (exact) mass is 308 g/mol. The Morgan fingerprint density at radius 3 is 2.68 bits per heavy atom. The number of aryl methyl sites for hydroxylation is 2. The second kappa shape index (κ2) is 5.24. The highest BCUT2D eigenvalue weighted by atomic mass is 32.1. The van der Waals surface area contributed by atoms with Gasteiger partial charge >= 0.3 is 5.97 Å². The van der Waals surface area contributed by atoms with Crippen LogP contribution in [0.4, 0.5) is 0 Å². The maximum Gasteiger partial charge on any atom is 0.347 e. The van der Waals surface area contributed by atoms with Gasteiger partial charge in [0.2, 0.25) is 0 Å². The molecule has 0 aliphatic rings. The molecule has 0 saturated heterocycles. The van der Waals surface area contributed by atoms with Crippen LogP contribution < -0.4 is 0 Å². The van der Waals surface area contributed by atoms with Gasteiger partial charge < -0.3 is 5.11 Å². The lowest BCUT2D eigenvalue weighted by atomic mass is 10.00. The molecule has 0 bridgehead atoms. The van der Waals surface area contributed by atoms with E-state index in [2.05, 4.69) is 11.1 Å².